The molecule has 4 nitrogen and oxygen atoms in total. The van der Waals surface area contributed by atoms with E-state index < -0.39 is 0 Å². The zero-order chi connectivity index (χ0) is 41.9. The van der Waals surface area contributed by atoms with Crippen LogP contribution < -0.4 is 14.4 Å². The lowest BCUT2D eigenvalue weighted by Crippen LogP contribution is -2.48. The molecule has 3 atom stereocenters. The summed E-state index contributed by atoms with van der Waals surface area (Å²) in [5.74, 6) is 2.31. The number of imidazole rings is 1. The molecule has 3 aliphatic rings. The van der Waals surface area contributed by atoms with E-state index in [-0.39, 0.29) is 18.1 Å². The molecular formula is C57H57N4+. The quantitative estimate of drug-likeness (QED) is 0.156. The number of hydrogen-bond acceptors (Lipinski definition) is 2. The van der Waals surface area contributed by atoms with Crippen LogP contribution in [0.3, 0.4) is 0 Å². The predicted molar refractivity (Wildman–Crippen MR) is 255 cm³/mol. The topological polar surface area (TPSA) is 15.3 Å². The molecule has 304 valence electrons. The summed E-state index contributed by atoms with van der Waals surface area (Å²) in [4.78, 5) is 5.36. The number of fused-ring (bicyclic) bond motifs is 9. The number of benzene rings is 6. The molecule has 0 saturated carbocycles. The predicted octanol–water partition coefficient (Wildman–Crippen LogP) is 14.0. The highest BCUT2D eigenvalue weighted by Gasteiger charge is 2.47. The monoisotopic (exact) mass is 797 g/mol. The Morgan fingerprint density at radius 1 is 0.574 bits per heavy atom. The number of nitrogens with zero attached hydrogens (tertiary/aromatic N) is 4. The third-order valence-corrected chi connectivity index (χ3v) is 13.7. The van der Waals surface area contributed by atoms with Crippen molar-refractivity contribution < 1.29 is 4.57 Å². The summed E-state index contributed by atoms with van der Waals surface area (Å²) in [7, 11) is 0. The van der Waals surface area contributed by atoms with Gasteiger partial charge in [0.2, 0.25) is 0 Å². The molecule has 0 saturated heterocycles. The Morgan fingerprint density at radius 2 is 1.13 bits per heavy atom. The van der Waals surface area contributed by atoms with Gasteiger partial charge in [0.1, 0.15) is 30.3 Å². The Morgan fingerprint density at radius 3 is 1.77 bits per heavy atom. The van der Waals surface area contributed by atoms with Gasteiger partial charge in [-0.25, -0.2) is 4.57 Å². The fourth-order valence-electron chi connectivity index (χ4n) is 10.9. The minimum absolute atomic E-state index is 0.00557. The molecule has 61 heavy (non-hydrogen) atoms. The van der Waals surface area contributed by atoms with Crippen molar-refractivity contribution >= 4 is 28.3 Å². The molecule has 0 aliphatic carbocycles. The van der Waals surface area contributed by atoms with Crippen LogP contribution in [0.15, 0.2) is 165 Å². The molecule has 0 N–H and O–H groups in total. The van der Waals surface area contributed by atoms with E-state index in [9.17, 15) is 0 Å². The Hall–Kier alpha value is -6.39. The Bertz CT molecular complexity index is 2790. The number of aryl methyl sites for hydroxylation is 2. The van der Waals surface area contributed by atoms with Crippen LogP contribution in [0.1, 0.15) is 115 Å². The third-order valence-electron chi connectivity index (χ3n) is 13.7. The maximum Gasteiger partial charge on any atom is 0.294 e. The second-order valence-electron chi connectivity index (χ2n) is 18.0. The normalized spacial score (nSPS) is 18.5. The molecule has 3 unspecified atom stereocenters. The molecule has 0 spiro atoms. The zero-order valence-corrected chi connectivity index (χ0v) is 36.5. The molecule has 6 aromatic carbocycles. The average molecular weight is 798 g/mol. The summed E-state index contributed by atoms with van der Waals surface area (Å²) in [6.07, 6.45) is 7.51. The smallest absolute Gasteiger partial charge is 0.294 e. The zero-order valence-electron chi connectivity index (χ0n) is 36.5. The lowest BCUT2D eigenvalue weighted by Gasteiger charge is -2.40. The first kappa shape index (κ1) is 38.8. The Kier molecular flexibility index (Phi) is 9.90. The summed E-state index contributed by atoms with van der Waals surface area (Å²) in [5, 5.41) is 0. The van der Waals surface area contributed by atoms with Gasteiger partial charge in [0, 0.05) is 45.8 Å². The van der Waals surface area contributed by atoms with Crippen LogP contribution in [-0.4, -0.2) is 10.7 Å². The highest BCUT2D eigenvalue weighted by molar-refractivity contribution is 6.08. The van der Waals surface area contributed by atoms with Crippen molar-refractivity contribution in [3.05, 3.63) is 209 Å². The van der Waals surface area contributed by atoms with E-state index in [1.54, 1.807) is 0 Å². The van der Waals surface area contributed by atoms with E-state index in [1.165, 1.54) is 89.9 Å². The summed E-state index contributed by atoms with van der Waals surface area (Å²) >= 11 is 0. The molecule has 4 heterocycles. The van der Waals surface area contributed by atoms with Crippen molar-refractivity contribution in [1.82, 2.24) is 4.57 Å². The minimum Gasteiger partial charge on any atom is -0.318 e. The minimum atomic E-state index is -0.00557. The van der Waals surface area contributed by atoms with Crippen molar-refractivity contribution in [2.45, 2.75) is 90.8 Å². The van der Waals surface area contributed by atoms with Gasteiger partial charge in [0.25, 0.3) is 5.82 Å². The van der Waals surface area contributed by atoms with Gasteiger partial charge in [-0.05, 0) is 85.1 Å². The van der Waals surface area contributed by atoms with Crippen molar-refractivity contribution in [3.63, 3.8) is 0 Å². The lowest BCUT2D eigenvalue weighted by molar-refractivity contribution is -0.716. The number of aromatic nitrogens is 2. The van der Waals surface area contributed by atoms with E-state index in [2.05, 4.69) is 218 Å². The Balaban J connectivity index is 1.21. The molecule has 3 aliphatic heterocycles. The second kappa shape index (κ2) is 15.6. The fourth-order valence-corrected chi connectivity index (χ4v) is 10.9. The van der Waals surface area contributed by atoms with Crippen molar-refractivity contribution in [2.24, 2.45) is 0 Å². The highest BCUT2D eigenvalue weighted by Crippen LogP contribution is 2.53. The van der Waals surface area contributed by atoms with E-state index in [1.807, 2.05) is 0 Å². The Labute approximate surface area is 362 Å². The summed E-state index contributed by atoms with van der Waals surface area (Å²) in [5.41, 5.74) is 19.2. The van der Waals surface area contributed by atoms with Crippen LogP contribution in [0.2, 0.25) is 0 Å². The lowest BCUT2D eigenvalue weighted by atomic mass is 9.77. The largest absolute Gasteiger partial charge is 0.318 e. The molecule has 4 heteroatoms. The van der Waals surface area contributed by atoms with Crippen molar-refractivity contribution in [1.29, 1.82) is 0 Å². The molecule has 0 bridgehead atoms. The first-order valence-electron chi connectivity index (χ1n) is 22.3. The first-order chi connectivity index (χ1) is 29.7. The van der Waals surface area contributed by atoms with Gasteiger partial charge in [-0.2, -0.15) is 4.57 Å². The van der Waals surface area contributed by atoms with Gasteiger partial charge in [-0.15, -0.1) is 0 Å². The molecule has 10 rings (SSSR count). The van der Waals surface area contributed by atoms with Crippen LogP contribution in [0.25, 0.3) is 34.0 Å². The maximum atomic E-state index is 5.01. The van der Waals surface area contributed by atoms with Crippen LogP contribution in [0.4, 0.5) is 11.4 Å². The van der Waals surface area contributed by atoms with Crippen LogP contribution in [0, 0.1) is 13.8 Å². The van der Waals surface area contributed by atoms with Crippen LogP contribution >= 0.6 is 0 Å². The van der Waals surface area contributed by atoms with Gasteiger partial charge in [-0.3, -0.25) is 0 Å². The van der Waals surface area contributed by atoms with E-state index in [0.717, 1.165) is 19.3 Å². The second-order valence-corrected chi connectivity index (χ2v) is 18.0. The van der Waals surface area contributed by atoms with Gasteiger partial charge in [0.05, 0.1) is 22.6 Å². The van der Waals surface area contributed by atoms with Crippen molar-refractivity contribution in [3.8, 4) is 17.1 Å². The molecule has 1 aromatic heterocycles. The number of hydrogen-bond donors (Lipinski definition) is 0. The molecule has 0 radical (unpaired) electrons. The highest BCUT2D eigenvalue weighted by atomic mass is 15.4. The summed E-state index contributed by atoms with van der Waals surface area (Å²) in [6.45, 7) is 18.8. The van der Waals surface area contributed by atoms with Gasteiger partial charge < -0.3 is 9.80 Å². The number of rotatable bonds is 6. The molecular weight excluding hydrogens is 741 g/mol. The van der Waals surface area contributed by atoms with E-state index in [4.69, 9.17) is 6.58 Å². The van der Waals surface area contributed by atoms with E-state index in [0.29, 0.717) is 11.8 Å². The van der Waals surface area contributed by atoms with E-state index >= 15 is 0 Å². The fraction of sp³-hybridized carbons (Fsp3) is 0.246. The maximum absolute atomic E-state index is 5.01. The van der Waals surface area contributed by atoms with Gasteiger partial charge >= 0.3 is 0 Å². The van der Waals surface area contributed by atoms with Gasteiger partial charge in [-0.1, -0.05) is 156 Å². The van der Waals surface area contributed by atoms with Crippen LogP contribution in [-0.2, 0) is 0 Å². The number of allylic oxidation sites excluding steroid dienone is 1. The first-order valence-corrected chi connectivity index (χ1v) is 22.3. The summed E-state index contributed by atoms with van der Waals surface area (Å²) < 4.78 is 5.15. The standard InChI is InChI=1S/C57H57N4/c1-37(2)43-29-19-30-44(38(3)4)54(43)59-35-34-58-52-36-41(7)45-24-17-18-31-51(45)61-53(33-32-49(52)48-27-15-16-28-50(48)57(58)59)60(42-22-9-8-10-23-42)55(46-25-13-11-20-39(46)5)56(61)47-26-14-12-21-40(47)6/h8-31,34-35,37-38,49,52-53H,7,32-33,36H2,1-6H3/q+1. The van der Waals surface area contributed by atoms with Gasteiger partial charge in [0.15, 0.2) is 0 Å². The summed E-state index contributed by atoms with van der Waals surface area (Å²) in [6, 6.07) is 54.5. The molecule has 0 fully saturated rings. The number of para-hydroxylation sites is 3. The molecule has 0 amide bonds. The van der Waals surface area contributed by atoms with Crippen LogP contribution in [0.5, 0.6) is 0 Å². The number of anilines is 2. The molecule has 7 aromatic rings. The third kappa shape index (κ3) is 6.38. The van der Waals surface area contributed by atoms with Crippen molar-refractivity contribution in [2.75, 3.05) is 9.80 Å². The SMILES string of the molecule is C=C1CC2C(CCC3N(c4ccccc4)C(c4ccccc4C)=C(c4ccccc4C)N3c3ccccc31)c1ccccc1-c1n(-c3c(C(C)C)cccc3C(C)C)cc[n+]12. The average Bonchev–Trinajstić information content (AvgIpc) is 3.86.